The number of fused-ring (bicyclic) bond motifs is 2. The zero-order chi connectivity index (χ0) is 20.7. The summed E-state index contributed by atoms with van der Waals surface area (Å²) in [6, 6.07) is 14.0. The van der Waals surface area contributed by atoms with E-state index in [1.165, 1.54) is 12.7 Å². The fourth-order valence-corrected chi connectivity index (χ4v) is 4.15. The summed E-state index contributed by atoms with van der Waals surface area (Å²) >= 11 is 0. The first-order chi connectivity index (χ1) is 13.9. The van der Waals surface area contributed by atoms with Crippen LogP contribution in [0.1, 0.15) is 39.9 Å². The van der Waals surface area contributed by atoms with Crippen LogP contribution in [-0.4, -0.2) is 32.9 Å². The molecule has 1 atom stereocenters. The van der Waals surface area contributed by atoms with Gasteiger partial charge < -0.3 is 15.0 Å². The van der Waals surface area contributed by atoms with Gasteiger partial charge in [0.25, 0.3) is 0 Å². The first-order valence-corrected chi connectivity index (χ1v) is 9.64. The fraction of sp³-hybridized carbons (Fsp3) is 0.200. The van der Waals surface area contributed by atoms with Crippen molar-refractivity contribution in [2.45, 2.75) is 12.8 Å². The molecule has 0 aliphatic heterocycles. The molecule has 4 heteroatoms. The first-order valence-electron chi connectivity index (χ1n) is 9.64. The highest BCUT2D eigenvalue weighted by molar-refractivity contribution is 6.08. The molecule has 1 unspecified atom stereocenters. The Morgan fingerprint density at radius 2 is 1.83 bits per heavy atom. The third-order valence-corrected chi connectivity index (χ3v) is 5.68. The minimum absolute atomic E-state index is 0.152. The lowest BCUT2D eigenvalue weighted by Gasteiger charge is -2.33. The maximum Gasteiger partial charge on any atom is 0.338 e. The topological polar surface area (TPSA) is 53.4 Å². The van der Waals surface area contributed by atoms with Crippen LogP contribution in [0.15, 0.2) is 71.8 Å². The fourth-order valence-electron chi connectivity index (χ4n) is 4.15. The van der Waals surface area contributed by atoms with Crippen LogP contribution in [0.3, 0.4) is 0 Å². The number of ether oxygens (including phenoxy) is 1. The van der Waals surface area contributed by atoms with Gasteiger partial charge in [-0.3, -0.25) is 0 Å². The first kappa shape index (κ1) is 18.9. The Morgan fingerprint density at radius 3 is 2.55 bits per heavy atom. The molecule has 2 aromatic carbocycles. The number of esters is 1. The van der Waals surface area contributed by atoms with Gasteiger partial charge in [-0.2, -0.15) is 0 Å². The van der Waals surface area contributed by atoms with E-state index in [-0.39, 0.29) is 11.9 Å². The molecule has 0 spiro atoms. The zero-order valence-corrected chi connectivity index (χ0v) is 17.1. The molecule has 29 heavy (non-hydrogen) atoms. The lowest BCUT2D eigenvalue weighted by atomic mass is 9.71. The largest absolute Gasteiger partial charge is 0.465 e. The Balaban J connectivity index is 2.06. The van der Waals surface area contributed by atoms with Crippen LogP contribution in [0.4, 0.5) is 5.69 Å². The van der Waals surface area contributed by atoms with E-state index >= 15 is 0 Å². The number of nitrogens with one attached hydrogen (secondary N) is 1. The van der Waals surface area contributed by atoms with Crippen molar-refractivity contribution in [1.29, 1.82) is 5.41 Å². The number of anilines is 1. The zero-order valence-electron chi connectivity index (χ0n) is 17.1. The minimum Gasteiger partial charge on any atom is -0.465 e. The Morgan fingerprint density at radius 1 is 1.07 bits per heavy atom. The maximum atomic E-state index is 12.5. The number of nitrogens with zero attached hydrogens (tertiary/aromatic N) is 1. The second-order valence-corrected chi connectivity index (χ2v) is 7.60. The number of hydrogen-bond donors (Lipinski definition) is 1. The molecule has 2 aromatic rings. The van der Waals surface area contributed by atoms with Gasteiger partial charge in [-0.1, -0.05) is 37.3 Å². The molecule has 0 saturated carbocycles. The summed E-state index contributed by atoms with van der Waals surface area (Å²) in [5.74, 6) is -0.198. The van der Waals surface area contributed by atoms with Gasteiger partial charge in [0.1, 0.15) is 0 Å². The van der Waals surface area contributed by atoms with Crippen molar-refractivity contribution in [3.8, 4) is 0 Å². The monoisotopic (exact) mass is 384 g/mol. The highest BCUT2D eigenvalue weighted by Gasteiger charge is 2.31. The predicted molar refractivity (Wildman–Crippen MR) is 118 cm³/mol. The molecule has 0 aromatic heterocycles. The van der Waals surface area contributed by atoms with Gasteiger partial charge in [-0.25, -0.2) is 4.79 Å². The second kappa shape index (κ2) is 7.21. The van der Waals surface area contributed by atoms with Gasteiger partial charge in [-0.05, 0) is 63.8 Å². The van der Waals surface area contributed by atoms with Gasteiger partial charge in [0, 0.05) is 25.7 Å². The van der Waals surface area contributed by atoms with Crippen LogP contribution in [0, 0.1) is 5.41 Å². The molecular weight excluding hydrogens is 360 g/mol. The molecule has 0 heterocycles. The van der Waals surface area contributed by atoms with Crippen LogP contribution in [0.2, 0.25) is 0 Å². The normalized spacial score (nSPS) is 17.4. The van der Waals surface area contributed by atoms with Crippen molar-refractivity contribution in [2.24, 2.45) is 0 Å². The molecular formula is C25H24N2O2. The maximum absolute atomic E-state index is 12.5. The molecule has 0 radical (unpaired) electrons. The van der Waals surface area contributed by atoms with E-state index in [2.05, 4.69) is 30.0 Å². The molecule has 0 saturated heterocycles. The summed E-state index contributed by atoms with van der Waals surface area (Å²) in [6.45, 7) is 2.18. The Labute approximate surface area is 171 Å². The van der Waals surface area contributed by atoms with Crippen LogP contribution in [0.5, 0.6) is 0 Å². The van der Waals surface area contributed by atoms with E-state index in [0.29, 0.717) is 11.3 Å². The Bertz CT molecular complexity index is 1120. The molecule has 146 valence electrons. The van der Waals surface area contributed by atoms with Gasteiger partial charge in [0.15, 0.2) is 0 Å². The smallest absolute Gasteiger partial charge is 0.338 e. The third kappa shape index (κ3) is 3.11. The van der Waals surface area contributed by atoms with E-state index in [0.717, 1.165) is 33.5 Å². The van der Waals surface area contributed by atoms with Gasteiger partial charge in [-0.15, -0.1) is 0 Å². The summed E-state index contributed by atoms with van der Waals surface area (Å²) in [5.41, 5.74) is 8.51. The molecule has 4 rings (SSSR count). The molecule has 0 amide bonds. The van der Waals surface area contributed by atoms with E-state index in [1.54, 1.807) is 6.07 Å². The average Bonchev–Trinajstić information content (AvgIpc) is 2.73. The molecule has 2 aliphatic rings. The Hall–Kier alpha value is -3.40. The van der Waals surface area contributed by atoms with E-state index in [1.807, 2.05) is 50.5 Å². The predicted octanol–water partition coefficient (Wildman–Crippen LogP) is 4.97. The molecule has 4 nitrogen and oxygen atoms in total. The SMILES string of the molecule is COC(=O)c1ccccc1C1=C2C=CC(=N)C=C2C(C)c2cc(N(C)C)ccc21. The summed E-state index contributed by atoms with van der Waals surface area (Å²) in [6.07, 6.45) is 5.75. The van der Waals surface area contributed by atoms with Crippen LogP contribution >= 0.6 is 0 Å². The summed E-state index contributed by atoms with van der Waals surface area (Å²) in [4.78, 5) is 14.6. The summed E-state index contributed by atoms with van der Waals surface area (Å²) in [5, 5.41) is 8.14. The van der Waals surface area contributed by atoms with Crippen LogP contribution in [-0.2, 0) is 4.74 Å². The van der Waals surface area contributed by atoms with Crippen molar-refractivity contribution in [3.05, 3.63) is 94.1 Å². The second-order valence-electron chi connectivity index (χ2n) is 7.60. The minimum atomic E-state index is -0.350. The van der Waals surface area contributed by atoms with Crippen molar-refractivity contribution in [3.63, 3.8) is 0 Å². The van der Waals surface area contributed by atoms with E-state index < -0.39 is 0 Å². The van der Waals surface area contributed by atoms with Crippen molar-refractivity contribution in [2.75, 3.05) is 26.1 Å². The number of rotatable bonds is 3. The van der Waals surface area contributed by atoms with Gasteiger partial charge >= 0.3 is 5.97 Å². The Kier molecular flexibility index (Phi) is 4.71. The lowest BCUT2D eigenvalue weighted by Crippen LogP contribution is -2.18. The standard InChI is InChI=1S/C25H24N2O2/c1-15-22-13-16(26)9-11-19(22)24(18-7-5-6-8-21(18)25(28)29-4)20-12-10-17(27(2)3)14-23(15)20/h5-15,26H,1-4H3. The van der Waals surface area contributed by atoms with E-state index in [4.69, 9.17) is 10.1 Å². The summed E-state index contributed by atoms with van der Waals surface area (Å²) in [7, 11) is 5.47. The highest BCUT2D eigenvalue weighted by atomic mass is 16.5. The lowest BCUT2D eigenvalue weighted by molar-refractivity contribution is 0.0600. The molecule has 1 N–H and O–H groups in total. The van der Waals surface area contributed by atoms with Crippen LogP contribution in [0.25, 0.3) is 5.57 Å². The van der Waals surface area contributed by atoms with Gasteiger partial charge in [0.2, 0.25) is 0 Å². The number of methoxy groups -OCH3 is 1. The van der Waals surface area contributed by atoms with Crippen LogP contribution < -0.4 is 4.90 Å². The van der Waals surface area contributed by atoms with Crippen molar-refractivity contribution in [1.82, 2.24) is 0 Å². The molecule has 0 bridgehead atoms. The van der Waals surface area contributed by atoms with E-state index in [9.17, 15) is 4.79 Å². The number of hydrogen-bond acceptors (Lipinski definition) is 4. The molecule has 2 aliphatic carbocycles. The quantitative estimate of drug-likeness (QED) is 0.760. The number of carbonyl (C=O) groups excluding carboxylic acids is 1. The number of benzene rings is 2. The third-order valence-electron chi connectivity index (χ3n) is 5.68. The number of allylic oxidation sites excluding steroid dienone is 5. The number of carbonyl (C=O) groups is 1. The van der Waals surface area contributed by atoms with Gasteiger partial charge in [0.05, 0.1) is 18.4 Å². The van der Waals surface area contributed by atoms with Crippen molar-refractivity contribution < 1.29 is 9.53 Å². The average molecular weight is 384 g/mol. The highest BCUT2D eigenvalue weighted by Crippen LogP contribution is 2.47. The van der Waals surface area contributed by atoms with Crippen molar-refractivity contribution >= 4 is 22.9 Å². The summed E-state index contributed by atoms with van der Waals surface area (Å²) < 4.78 is 5.05. The molecule has 0 fully saturated rings.